The van der Waals surface area contributed by atoms with E-state index in [4.69, 9.17) is 14.9 Å². The van der Waals surface area contributed by atoms with Gasteiger partial charge in [-0.15, -0.1) is 0 Å². The number of rotatable bonds is 6. The third-order valence-corrected chi connectivity index (χ3v) is 2.90. The number of benzene rings is 1. The predicted molar refractivity (Wildman–Crippen MR) is 75.0 cm³/mol. The minimum Gasteiger partial charge on any atom is -0.484 e. The molecule has 2 aromatic rings. The molecule has 0 atom stereocenters. The molecule has 5 heteroatoms. The van der Waals surface area contributed by atoms with Crippen LogP contribution >= 0.6 is 0 Å². The van der Waals surface area contributed by atoms with Gasteiger partial charge in [0, 0.05) is 13.6 Å². The van der Waals surface area contributed by atoms with Gasteiger partial charge in [-0.1, -0.05) is 12.1 Å². The van der Waals surface area contributed by atoms with E-state index >= 15 is 0 Å². The summed E-state index contributed by atoms with van der Waals surface area (Å²) >= 11 is 0. The molecule has 106 valence electrons. The molecular weight excluding hydrogens is 256 g/mol. The number of carbonyl (C=O) groups is 1. The minimum atomic E-state index is -0.112. The molecule has 0 aliphatic rings. The second-order valence-electron chi connectivity index (χ2n) is 4.47. The Morgan fingerprint density at radius 3 is 2.90 bits per heavy atom. The number of amides is 1. The van der Waals surface area contributed by atoms with E-state index in [1.807, 2.05) is 24.3 Å². The largest absolute Gasteiger partial charge is 0.484 e. The molecule has 1 aromatic heterocycles. The summed E-state index contributed by atoms with van der Waals surface area (Å²) in [5.41, 5.74) is 6.53. The first-order valence-electron chi connectivity index (χ1n) is 6.37. The lowest BCUT2D eigenvalue weighted by molar-refractivity contribution is -0.132. The zero-order valence-corrected chi connectivity index (χ0v) is 11.4. The van der Waals surface area contributed by atoms with E-state index in [0.717, 1.165) is 11.3 Å². The monoisotopic (exact) mass is 274 g/mol. The maximum Gasteiger partial charge on any atom is 0.260 e. The lowest BCUT2D eigenvalue weighted by Crippen LogP contribution is -2.30. The van der Waals surface area contributed by atoms with Crippen LogP contribution in [0.2, 0.25) is 0 Å². The van der Waals surface area contributed by atoms with Crippen molar-refractivity contribution in [1.29, 1.82) is 0 Å². The second kappa shape index (κ2) is 6.77. The van der Waals surface area contributed by atoms with Gasteiger partial charge in [0.1, 0.15) is 11.5 Å². The summed E-state index contributed by atoms with van der Waals surface area (Å²) in [6, 6.07) is 11.0. The van der Waals surface area contributed by atoms with E-state index in [1.165, 1.54) is 0 Å². The number of likely N-dealkylation sites (N-methyl/N-ethyl adjacent to an activating group) is 1. The fourth-order valence-electron chi connectivity index (χ4n) is 1.74. The average Bonchev–Trinajstić information content (AvgIpc) is 2.97. The number of nitrogens with zero attached hydrogens (tertiary/aromatic N) is 1. The fraction of sp³-hybridized carbons (Fsp3) is 0.267. The van der Waals surface area contributed by atoms with Gasteiger partial charge in [0.05, 0.1) is 12.8 Å². The number of hydrogen-bond donors (Lipinski definition) is 1. The maximum absolute atomic E-state index is 11.9. The first kappa shape index (κ1) is 14.1. The highest BCUT2D eigenvalue weighted by atomic mass is 16.5. The average molecular weight is 274 g/mol. The van der Waals surface area contributed by atoms with Crippen LogP contribution in [-0.4, -0.2) is 24.5 Å². The molecule has 0 aliphatic carbocycles. The Labute approximate surface area is 117 Å². The van der Waals surface area contributed by atoms with Gasteiger partial charge in [-0.3, -0.25) is 4.79 Å². The molecule has 0 aliphatic heterocycles. The Bertz CT molecular complexity index is 552. The lowest BCUT2D eigenvalue weighted by atomic mass is 10.2. The van der Waals surface area contributed by atoms with Crippen molar-refractivity contribution in [2.24, 2.45) is 5.73 Å². The standard InChI is InChI=1S/C15H18N2O3/c1-17(10-14-6-3-7-19-14)15(18)11-20-13-5-2-4-12(8-13)9-16/h2-8H,9-11,16H2,1H3. The van der Waals surface area contributed by atoms with E-state index in [1.54, 1.807) is 30.3 Å². The quantitative estimate of drug-likeness (QED) is 0.871. The van der Waals surface area contributed by atoms with E-state index in [9.17, 15) is 4.79 Å². The number of nitrogens with two attached hydrogens (primary N) is 1. The Morgan fingerprint density at radius 2 is 2.20 bits per heavy atom. The molecule has 2 rings (SSSR count). The highest BCUT2D eigenvalue weighted by Gasteiger charge is 2.11. The van der Waals surface area contributed by atoms with Crippen molar-refractivity contribution in [3.05, 3.63) is 54.0 Å². The second-order valence-corrected chi connectivity index (χ2v) is 4.47. The van der Waals surface area contributed by atoms with Crippen molar-refractivity contribution in [1.82, 2.24) is 4.90 Å². The predicted octanol–water partition coefficient (Wildman–Crippen LogP) is 1.78. The van der Waals surface area contributed by atoms with Crippen LogP contribution in [0.3, 0.4) is 0 Å². The summed E-state index contributed by atoms with van der Waals surface area (Å²) in [7, 11) is 1.71. The molecule has 0 saturated carbocycles. The van der Waals surface area contributed by atoms with Crippen LogP contribution in [-0.2, 0) is 17.9 Å². The zero-order chi connectivity index (χ0) is 14.4. The van der Waals surface area contributed by atoms with Crippen molar-refractivity contribution in [2.45, 2.75) is 13.1 Å². The highest BCUT2D eigenvalue weighted by Crippen LogP contribution is 2.13. The Balaban J connectivity index is 1.84. The molecule has 1 aromatic carbocycles. The van der Waals surface area contributed by atoms with Gasteiger partial charge in [-0.25, -0.2) is 0 Å². The molecule has 20 heavy (non-hydrogen) atoms. The molecule has 1 heterocycles. The van der Waals surface area contributed by atoms with Gasteiger partial charge in [0.25, 0.3) is 5.91 Å². The summed E-state index contributed by atoms with van der Waals surface area (Å²) in [5.74, 6) is 1.28. The number of carbonyl (C=O) groups excluding carboxylic acids is 1. The van der Waals surface area contributed by atoms with Gasteiger partial charge >= 0.3 is 0 Å². The lowest BCUT2D eigenvalue weighted by Gasteiger charge is -2.16. The Kier molecular flexibility index (Phi) is 4.79. The summed E-state index contributed by atoms with van der Waals surface area (Å²) in [5, 5.41) is 0. The number of ether oxygens (including phenoxy) is 1. The number of hydrogen-bond acceptors (Lipinski definition) is 4. The molecule has 2 N–H and O–H groups in total. The summed E-state index contributed by atoms with van der Waals surface area (Å²) in [6.45, 7) is 0.868. The minimum absolute atomic E-state index is 0.00870. The molecule has 0 fully saturated rings. The van der Waals surface area contributed by atoms with Gasteiger partial charge in [-0.05, 0) is 29.8 Å². The van der Waals surface area contributed by atoms with Crippen molar-refractivity contribution < 1.29 is 13.9 Å². The summed E-state index contributed by atoms with van der Waals surface area (Å²) in [6.07, 6.45) is 1.59. The Hall–Kier alpha value is -2.27. The summed E-state index contributed by atoms with van der Waals surface area (Å²) in [4.78, 5) is 13.5. The third-order valence-electron chi connectivity index (χ3n) is 2.90. The van der Waals surface area contributed by atoms with Gasteiger partial charge in [0.2, 0.25) is 0 Å². The van der Waals surface area contributed by atoms with Crippen molar-refractivity contribution in [2.75, 3.05) is 13.7 Å². The fourth-order valence-corrected chi connectivity index (χ4v) is 1.74. The zero-order valence-electron chi connectivity index (χ0n) is 11.4. The van der Waals surface area contributed by atoms with Crippen molar-refractivity contribution in [3.8, 4) is 5.75 Å². The molecule has 0 radical (unpaired) electrons. The Morgan fingerprint density at radius 1 is 1.35 bits per heavy atom. The van der Waals surface area contributed by atoms with Crippen LogP contribution in [0, 0.1) is 0 Å². The van der Waals surface area contributed by atoms with E-state index in [0.29, 0.717) is 18.8 Å². The smallest absolute Gasteiger partial charge is 0.260 e. The molecule has 0 unspecified atom stereocenters. The summed E-state index contributed by atoms with van der Waals surface area (Å²) < 4.78 is 10.7. The molecular formula is C15H18N2O3. The molecule has 0 bridgehead atoms. The molecule has 0 spiro atoms. The van der Waals surface area contributed by atoms with Crippen LogP contribution in [0.25, 0.3) is 0 Å². The van der Waals surface area contributed by atoms with Crippen LogP contribution in [0.5, 0.6) is 5.75 Å². The topological polar surface area (TPSA) is 68.7 Å². The maximum atomic E-state index is 11.9. The van der Waals surface area contributed by atoms with E-state index in [2.05, 4.69) is 0 Å². The van der Waals surface area contributed by atoms with Crippen LogP contribution in [0.1, 0.15) is 11.3 Å². The highest BCUT2D eigenvalue weighted by molar-refractivity contribution is 5.77. The van der Waals surface area contributed by atoms with Crippen LogP contribution in [0.4, 0.5) is 0 Å². The normalized spacial score (nSPS) is 10.3. The number of furan rings is 1. The molecule has 0 saturated heterocycles. The first-order valence-corrected chi connectivity index (χ1v) is 6.37. The van der Waals surface area contributed by atoms with E-state index < -0.39 is 0 Å². The third kappa shape index (κ3) is 3.86. The van der Waals surface area contributed by atoms with Crippen molar-refractivity contribution >= 4 is 5.91 Å². The molecule has 1 amide bonds. The SMILES string of the molecule is CN(Cc1ccco1)C(=O)COc1cccc(CN)c1. The van der Waals surface area contributed by atoms with Gasteiger partial charge in [-0.2, -0.15) is 0 Å². The van der Waals surface area contributed by atoms with Gasteiger partial charge in [0.15, 0.2) is 6.61 Å². The van der Waals surface area contributed by atoms with Crippen LogP contribution in [0.15, 0.2) is 47.1 Å². The molecule has 5 nitrogen and oxygen atoms in total. The van der Waals surface area contributed by atoms with Crippen molar-refractivity contribution in [3.63, 3.8) is 0 Å². The first-order chi connectivity index (χ1) is 9.69. The van der Waals surface area contributed by atoms with E-state index in [-0.39, 0.29) is 12.5 Å². The van der Waals surface area contributed by atoms with Gasteiger partial charge < -0.3 is 19.8 Å². The van der Waals surface area contributed by atoms with Crippen LogP contribution < -0.4 is 10.5 Å².